The fraction of sp³-hybridized carbons (Fsp3) is 0.500. The van der Waals surface area contributed by atoms with Gasteiger partial charge in [-0.1, -0.05) is 12.8 Å². The predicted octanol–water partition coefficient (Wildman–Crippen LogP) is 2.58. The van der Waals surface area contributed by atoms with Crippen molar-refractivity contribution in [3.8, 4) is 0 Å². The van der Waals surface area contributed by atoms with E-state index in [1.54, 1.807) is 11.0 Å². The molecule has 114 valence electrons. The first-order valence-corrected chi connectivity index (χ1v) is 7.98. The SMILES string of the molecule is O=C(c1cc([N+](=O)[O-])ccc1I)N1CCCCCC1CO. The molecule has 0 radical (unpaired) electrons. The molecular formula is C14H17IN2O4. The topological polar surface area (TPSA) is 83.7 Å². The zero-order valence-electron chi connectivity index (χ0n) is 11.5. The Hall–Kier alpha value is -1.22. The van der Waals surface area contributed by atoms with Crippen molar-refractivity contribution >= 4 is 34.2 Å². The van der Waals surface area contributed by atoms with Gasteiger partial charge in [-0.25, -0.2) is 0 Å². The second kappa shape index (κ2) is 7.17. The Balaban J connectivity index is 2.33. The van der Waals surface area contributed by atoms with Crippen molar-refractivity contribution in [1.82, 2.24) is 4.90 Å². The van der Waals surface area contributed by atoms with Crippen LogP contribution in [0, 0.1) is 13.7 Å². The summed E-state index contributed by atoms with van der Waals surface area (Å²) in [5, 5.41) is 20.4. The van der Waals surface area contributed by atoms with E-state index in [1.807, 2.05) is 22.6 Å². The van der Waals surface area contributed by atoms with Crippen LogP contribution in [-0.4, -0.2) is 40.0 Å². The van der Waals surface area contributed by atoms with Crippen molar-refractivity contribution in [2.75, 3.05) is 13.2 Å². The highest BCUT2D eigenvalue weighted by atomic mass is 127. The molecule has 1 heterocycles. The average molecular weight is 404 g/mol. The smallest absolute Gasteiger partial charge is 0.270 e. The fourth-order valence-electron chi connectivity index (χ4n) is 2.58. The molecule has 0 aromatic heterocycles. The average Bonchev–Trinajstić information content (AvgIpc) is 2.71. The van der Waals surface area contributed by atoms with Gasteiger partial charge in [0.2, 0.25) is 0 Å². The summed E-state index contributed by atoms with van der Waals surface area (Å²) in [6.07, 6.45) is 3.69. The van der Waals surface area contributed by atoms with Gasteiger partial charge in [-0.2, -0.15) is 0 Å². The van der Waals surface area contributed by atoms with E-state index < -0.39 is 4.92 Å². The molecular weight excluding hydrogens is 387 g/mol. The number of hydrogen-bond donors (Lipinski definition) is 1. The number of non-ortho nitro benzene ring substituents is 1. The number of halogens is 1. The summed E-state index contributed by atoms with van der Waals surface area (Å²) >= 11 is 2.01. The Morgan fingerprint density at radius 3 is 2.86 bits per heavy atom. The lowest BCUT2D eigenvalue weighted by Gasteiger charge is -2.29. The lowest BCUT2D eigenvalue weighted by Crippen LogP contribution is -2.42. The number of nitro groups is 1. The fourth-order valence-corrected chi connectivity index (χ4v) is 3.15. The maximum Gasteiger partial charge on any atom is 0.270 e. The Morgan fingerprint density at radius 1 is 1.43 bits per heavy atom. The molecule has 6 nitrogen and oxygen atoms in total. The standard InChI is InChI=1S/C14H17IN2O4/c15-13-6-5-10(17(20)21)8-12(13)14(19)16-7-3-1-2-4-11(16)9-18/h5-6,8,11,18H,1-4,7,9H2. The van der Waals surface area contributed by atoms with Crippen LogP contribution in [0.25, 0.3) is 0 Å². The van der Waals surface area contributed by atoms with Crippen molar-refractivity contribution in [3.05, 3.63) is 37.4 Å². The van der Waals surface area contributed by atoms with E-state index in [0.29, 0.717) is 15.7 Å². The zero-order chi connectivity index (χ0) is 15.4. The van der Waals surface area contributed by atoms with Crippen LogP contribution in [0.2, 0.25) is 0 Å². The number of aliphatic hydroxyl groups is 1. The summed E-state index contributed by atoms with van der Waals surface area (Å²) in [6, 6.07) is 4.10. The van der Waals surface area contributed by atoms with Crippen LogP contribution in [0.4, 0.5) is 5.69 Å². The third-order valence-electron chi connectivity index (χ3n) is 3.74. The Kier molecular flexibility index (Phi) is 5.51. The number of nitro benzene ring substituents is 1. The van der Waals surface area contributed by atoms with E-state index in [-0.39, 0.29) is 24.2 Å². The highest BCUT2D eigenvalue weighted by Crippen LogP contribution is 2.24. The van der Waals surface area contributed by atoms with E-state index in [4.69, 9.17) is 0 Å². The van der Waals surface area contributed by atoms with Gasteiger partial charge >= 0.3 is 0 Å². The molecule has 1 amide bonds. The van der Waals surface area contributed by atoms with Gasteiger partial charge in [0.15, 0.2) is 0 Å². The summed E-state index contributed by atoms with van der Waals surface area (Å²) in [4.78, 5) is 24.7. The summed E-state index contributed by atoms with van der Waals surface area (Å²) in [5.74, 6) is -0.232. The quantitative estimate of drug-likeness (QED) is 0.477. The largest absolute Gasteiger partial charge is 0.394 e. The zero-order valence-corrected chi connectivity index (χ0v) is 13.7. The minimum atomic E-state index is -0.501. The molecule has 21 heavy (non-hydrogen) atoms. The van der Waals surface area contributed by atoms with Crippen LogP contribution in [0.1, 0.15) is 36.0 Å². The van der Waals surface area contributed by atoms with Crippen LogP contribution in [0.3, 0.4) is 0 Å². The molecule has 2 rings (SSSR count). The van der Waals surface area contributed by atoms with Gasteiger partial charge in [0.1, 0.15) is 0 Å². The second-order valence-electron chi connectivity index (χ2n) is 5.11. The molecule has 1 unspecified atom stereocenters. The van der Waals surface area contributed by atoms with Crippen LogP contribution in [0.5, 0.6) is 0 Å². The molecule has 0 spiro atoms. The minimum Gasteiger partial charge on any atom is -0.394 e. The second-order valence-corrected chi connectivity index (χ2v) is 6.27. The summed E-state index contributed by atoms with van der Waals surface area (Å²) in [5.41, 5.74) is 0.249. The van der Waals surface area contributed by atoms with Gasteiger partial charge in [-0.15, -0.1) is 0 Å². The van der Waals surface area contributed by atoms with Crippen LogP contribution >= 0.6 is 22.6 Å². The van der Waals surface area contributed by atoms with Crippen molar-refractivity contribution in [2.45, 2.75) is 31.7 Å². The third-order valence-corrected chi connectivity index (χ3v) is 4.68. The molecule has 1 atom stereocenters. The van der Waals surface area contributed by atoms with Crippen LogP contribution < -0.4 is 0 Å². The van der Waals surface area contributed by atoms with Gasteiger partial charge in [0, 0.05) is 22.2 Å². The van der Waals surface area contributed by atoms with Crippen molar-refractivity contribution in [3.63, 3.8) is 0 Å². The molecule has 1 aromatic carbocycles. The van der Waals surface area contributed by atoms with Gasteiger partial charge in [-0.05, 0) is 41.5 Å². The summed E-state index contributed by atoms with van der Waals surface area (Å²) in [7, 11) is 0. The van der Waals surface area contributed by atoms with E-state index in [0.717, 1.165) is 25.7 Å². The monoisotopic (exact) mass is 404 g/mol. The van der Waals surface area contributed by atoms with Gasteiger partial charge in [-0.3, -0.25) is 14.9 Å². The maximum atomic E-state index is 12.7. The normalized spacial score (nSPS) is 19.1. The number of amides is 1. The molecule has 0 bridgehead atoms. The molecule has 0 saturated carbocycles. The highest BCUT2D eigenvalue weighted by molar-refractivity contribution is 14.1. The van der Waals surface area contributed by atoms with Crippen LogP contribution in [0.15, 0.2) is 18.2 Å². The maximum absolute atomic E-state index is 12.7. The number of carbonyl (C=O) groups excluding carboxylic acids is 1. The van der Waals surface area contributed by atoms with Gasteiger partial charge < -0.3 is 10.0 Å². The molecule has 1 aromatic rings. The molecule has 1 saturated heterocycles. The number of aliphatic hydroxyl groups excluding tert-OH is 1. The molecule has 1 aliphatic heterocycles. The Labute approximate surface area is 136 Å². The summed E-state index contributed by atoms with van der Waals surface area (Å²) in [6.45, 7) is 0.514. The third kappa shape index (κ3) is 3.70. The van der Waals surface area contributed by atoms with Crippen molar-refractivity contribution in [1.29, 1.82) is 0 Å². The van der Waals surface area contributed by atoms with Gasteiger partial charge in [0.05, 0.1) is 23.1 Å². The number of carbonyl (C=O) groups is 1. The Morgan fingerprint density at radius 2 is 2.19 bits per heavy atom. The molecule has 1 fully saturated rings. The van der Waals surface area contributed by atoms with E-state index in [1.165, 1.54) is 12.1 Å². The van der Waals surface area contributed by atoms with Crippen molar-refractivity contribution < 1.29 is 14.8 Å². The van der Waals surface area contributed by atoms with E-state index in [9.17, 15) is 20.0 Å². The molecule has 1 aliphatic rings. The molecule has 7 heteroatoms. The lowest BCUT2D eigenvalue weighted by atomic mass is 10.1. The molecule has 0 aliphatic carbocycles. The first-order valence-electron chi connectivity index (χ1n) is 6.90. The van der Waals surface area contributed by atoms with Crippen LogP contribution in [-0.2, 0) is 0 Å². The van der Waals surface area contributed by atoms with E-state index in [2.05, 4.69) is 0 Å². The summed E-state index contributed by atoms with van der Waals surface area (Å²) < 4.78 is 0.684. The molecule has 1 N–H and O–H groups in total. The predicted molar refractivity (Wildman–Crippen MR) is 86.2 cm³/mol. The number of hydrogen-bond acceptors (Lipinski definition) is 4. The lowest BCUT2D eigenvalue weighted by molar-refractivity contribution is -0.384. The Bertz CT molecular complexity index is 550. The van der Waals surface area contributed by atoms with Gasteiger partial charge in [0.25, 0.3) is 11.6 Å². The highest BCUT2D eigenvalue weighted by Gasteiger charge is 2.27. The first kappa shape index (κ1) is 16.2. The number of likely N-dealkylation sites (tertiary alicyclic amines) is 1. The minimum absolute atomic E-state index is 0.0722. The number of rotatable bonds is 3. The first-order chi connectivity index (χ1) is 10.0. The van der Waals surface area contributed by atoms with Crippen molar-refractivity contribution in [2.24, 2.45) is 0 Å². The van der Waals surface area contributed by atoms with E-state index >= 15 is 0 Å². The number of nitrogens with zero attached hydrogens (tertiary/aromatic N) is 2. The number of benzene rings is 1.